The Morgan fingerprint density at radius 1 is 1.07 bits per heavy atom. The number of anilines is 1. The molecule has 2 N–H and O–H groups in total. The molecule has 0 saturated carbocycles. The summed E-state index contributed by atoms with van der Waals surface area (Å²) in [7, 11) is 0. The number of amides is 1. The van der Waals surface area contributed by atoms with Crippen LogP contribution in [0, 0.1) is 20.8 Å². The fourth-order valence-electron chi connectivity index (χ4n) is 2.72. The zero-order valence-corrected chi connectivity index (χ0v) is 15.7. The Hall–Kier alpha value is -3.41. The summed E-state index contributed by atoms with van der Waals surface area (Å²) < 4.78 is 1.87. The molecule has 0 radical (unpaired) electrons. The van der Waals surface area contributed by atoms with Gasteiger partial charge in [0, 0.05) is 11.3 Å². The highest BCUT2D eigenvalue weighted by Crippen LogP contribution is 2.16. The minimum Gasteiger partial charge on any atom is -0.376 e. The predicted molar refractivity (Wildman–Crippen MR) is 108 cm³/mol. The van der Waals surface area contributed by atoms with Crippen LogP contribution in [0.1, 0.15) is 22.5 Å². The van der Waals surface area contributed by atoms with Crippen LogP contribution in [0.25, 0.3) is 5.69 Å². The summed E-state index contributed by atoms with van der Waals surface area (Å²) >= 11 is 0. The lowest BCUT2D eigenvalue weighted by Gasteiger charge is -2.05. The van der Waals surface area contributed by atoms with Gasteiger partial charge < -0.3 is 5.32 Å². The lowest BCUT2D eigenvalue weighted by molar-refractivity contribution is -0.119. The summed E-state index contributed by atoms with van der Waals surface area (Å²) in [5.74, 6) is -0.211. The average Bonchev–Trinajstić information content (AvgIpc) is 2.96. The summed E-state index contributed by atoms with van der Waals surface area (Å²) in [4.78, 5) is 12.0. The first-order chi connectivity index (χ1) is 13.0. The van der Waals surface area contributed by atoms with Gasteiger partial charge in [-0.3, -0.25) is 4.79 Å². The molecule has 0 atom stereocenters. The molecule has 6 nitrogen and oxygen atoms in total. The predicted octanol–water partition coefficient (Wildman–Crippen LogP) is 3.36. The van der Waals surface area contributed by atoms with Crippen LogP contribution < -0.4 is 10.7 Å². The van der Waals surface area contributed by atoms with Gasteiger partial charge in [0.05, 0.1) is 29.8 Å². The monoisotopic (exact) mass is 361 g/mol. The van der Waals surface area contributed by atoms with Crippen molar-refractivity contribution < 1.29 is 4.79 Å². The molecular formula is C21H23N5O. The van der Waals surface area contributed by atoms with Crippen LogP contribution in [0.15, 0.2) is 59.7 Å². The first kappa shape index (κ1) is 18.4. The molecule has 0 aliphatic heterocycles. The second-order valence-electron chi connectivity index (χ2n) is 6.34. The van der Waals surface area contributed by atoms with E-state index >= 15 is 0 Å². The van der Waals surface area contributed by atoms with E-state index in [-0.39, 0.29) is 12.5 Å². The second kappa shape index (κ2) is 8.31. The van der Waals surface area contributed by atoms with E-state index in [1.807, 2.05) is 80.1 Å². The van der Waals surface area contributed by atoms with Gasteiger partial charge in [-0.05, 0) is 45.0 Å². The Balaban J connectivity index is 1.60. The van der Waals surface area contributed by atoms with Gasteiger partial charge >= 0.3 is 0 Å². The second-order valence-corrected chi connectivity index (χ2v) is 6.34. The van der Waals surface area contributed by atoms with Crippen LogP contribution in [0.4, 0.5) is 5.69 Å². The molecule has 0 bridgehead atoms. The van der Waals surface area contributed by atoms with Gasteiger partial charge in [-0.2, -0.15) is 10.2 Å². The Bertz CT molecular complexity index is 943. The van der Waals surface area contributed by atoms with Crippen LogP contribution >= 0.6 is 0 Å². The molecule has 1 amide bonds. The van der Waals surface area contributed by atoms with Crippen molar-refractivity contribution >= 4 is 17.8 Å². The molecule has 0 unspecified atom stereocenters. The SMILES string of the molecule is Cc1ccc(NCC(=O)N/N=C\c2c(C)nn(-c3ccccc3)c2C)cc1. The number of hydrazone groups is 1. The number of nitrogens with zero attached hydrogens (tertiary/aromatic N) is 3. The number of carbonyl (C=O) groups excluding carboxylic acids is 1. The Morgan fingerprint density at radius 2 is 1.78 bits per heavy atom. The number of para-hydroxylation sites is 1. The quantitative estimate of drug-likeness (QED) is 0.522. The molecule has 2 aromatic carbocycles. The van der Waals surface area contributed by atoms with E-state index in [1.54, 1.807) is 6.21 Å². The lowest BCUT2D eigenvalue weighted by Crippen LogP contribution is -2.25. The van der Waals surface area contributed by atoms with Crippen molar-refractivity contribution in [1.82, 2.24) is 15.2 Å². The van der Waals surface area contributed by atoms with Crippen molar-refractivity contribution in [2.75, 3.05) is 11.9 Å². The third-order valence-corrected chi connectivity index (χ3v) is 4.24. The van der Waals surface area contributed by atoms with Crippen molar-refractivity contribution in [2.24, 2.45) is 5.10 Å². The molecule has 0 aliphatic carbocycles. The molecule has 6 heteroatoms. The van der Waals surface area contributed by atoms with E-state index in [0.29, 0.717) is 0 Å². The number of hydrogen-bond acceptors (Lipinski definition) is 4. The molecule has 1 aromatic heterocycles. The Kier molecular flexibility index (Phi) is 5.66. The minimum atomic E-state index is -0.211. The van der Waals surface area contributed by atoms with Gasteiger partial charge in [0.25, 0.3) is 5.91 Å². The molecule has 3 aromatic rings. The Labute approximate surface area is 158 Å². The third kappa shape index (κ3) is 4.61. The first-order valence-electron chi connectivity index (χ1n) is 8.78. The number of nitrogens with one attached hydrogen (secondary N) is 2. The molecular weight excluding hydrogens is 338 g/mol. The first-order valence-corrected chi connectivity index (χ1v) is 8.78. The van der Waals surface area contributed by atoms with E-state index < -0.39 is 0 Å². The maximum atomic E-state index is 12.0. The molecule has 0 fully saturated rings. The fourth-order valence-corrected chi connectivity index (χ4v) is 2.72. The number of hydrogen-bond donors (Lipinski definition) is 2. The summed E-state index contributed by atoms with van der Waals surface area (Å²) in [6.07, 6.45) is 1.64. The average molecular weight is 361 g/mol. The largest absolute Gasteiger partial charge is 0.376 e. The highest BCUT2D eigenvalue weighted by molar-refractivity contribution is 5.86. The summed E-state index contributed by atoms with van der Waals surface area (Å²) in [5, 5.41) is 11.7. The van der Waals surface area contributed by atoms with E-state index in [0.717, 1.165) is 28.3 Å². The minimum absolute atomic E-state index is 0.154. The lowest BCUT2D eigenvalue weighted by atomic mass is 10.2. The van der Waals surface area contributed by atoms with Crippen molar-refractivity contribution in [2.45, 2.75) is 20.8 Å². The fraction of sp³-hybridized carbons (Fsp3) is 0.190. The standard InChI is InChI=1S/C21H23N5O/c1-15-9-11-18(12-10-15)22-14-21(27)24-23-13-20-16(2)25-26(17(20)3)19-7-5-4-6-8-19/h4-13,22H,14H2,1-3H3,(H,24,27)/b23-13-. The maximum Gasteiger partial charge on any atom is 0.259 e. The number of rotatable bonds is 6. The van der Waals surface area contributed by atoms with Crippen LogP contribution in [-0.4, -0.2) is 28.4 Å². The third-order valence-electron chi connectivity index (χ3n) is 4.24. The normalized spacial score (nSPS) is 10.9. The highest BCUT2D eigenvalue weighted by Gasteiger charge is 2.11. The molecule has 0 aliphatic rings. The van der Waals surface area contributed by atoms with Gasteiger partial charge in [0.1, 0.15) is 0 Å². The van der Waals surface area contributed by atoms with Gasteiger partial charge in [-0.1, -0.05) is 35.9 Å². The molecule has 3 rings (SSSR count). The number of carbonyl (C=O) groups is 1. The van der Waals surface area contributed by atoms with Crippen molar-refractivity contribution in [3.63, 3.8) is 0 Å². The maximum absolute atomic E-state index is 12.0. The topological polar surface area (TPSA) is 71.3 Å². The smallest absolute Gasteiger partial charge is 0.259 e. The van der Waals surface area contributed by atoms with Crippen LogP contribution in [-0.2, 0) is 4.79 Å². The van der Waals surface area contributed by atoms with Gasteiger partial charge in [-0.25, -0.2) is 10.1 Å². The molecule has 0 saturated heterocycles. The van der Waals surface area contributed by atoms with Crippen LogP contribution in [0.3, 0.4) is 0 Å². The summed E-state index contributed by atoms with van der Waals surface area (Å²) in [6, 6.07) is 17.8. The zero-order valence-electron chi connectivity index (χ0n) is 15.7. The molecule has 138 valence electrons. The highest BCUT2D eigenvalue weighted by atomic mass is 16.2. The van der Waals surface area contributed by atoms with Crippen molar-refractivity contribution in [1.29, 1.82) is 0 Å². The van der Waals surface area contributed by atoms with Crippen molar-refractivity contribution in [3.8, 4) is 5.69 Å². The number of benzene rings is 2. The Morgan fingerprint density at radius 3 is 2.48 bits per heavy atom. The molecule has 1 heterocycles. The van der Waals surface area contributed by atoms with E-state index in [2.05, 4.69) is 20.9 Å². The summed E-state index contributed by atoms with van der Waals surface area (Å²) in [5.41, 5.74) is 8.33. The van der Waals surface area contributed by atoms with Crippen LogP contribution in [0.2, 0.25) is 0 Å². The van der Waals surface area contributed by atoms with E-state index in [9.17, 15) is 4.79 Å². The van der Waals surface area contributed by atoms with E-state index in [4.69, 9.17) is 0 Å². The summed E-state index contributed by atoms with van der Waals surface area (Å²) in [6.45, 7) is 6.08. The van der Waals surface area contributed by atoms with Crippen molar-refractivity contribution in [3.05, 3.63) is 77.1 Å². The van der Waals surface area contributed by atoms with Gasteiger partial charge in [-0.15, -0.1) is 0 Å². The van der Waals surface area contributed by atoms with Crippen LogP contribution in [0.5, 0.6) is 0 Å². The number of aryl methyl sites for hydroxylation is 2. The van der Waals surface area contributed by atoms with Gasteiger partial charge in [0.2, 0.25) is 0 Å². The molecule has 0 spiro atoms. The van der Waals surface area contributed by atoms with E-state index in [1.165, 1.54) is 5.56 Å². The van der Waals surface area contributed by atoms with Gasteiger partial charge in [0.15, 0.2) is 0 Å². The zero-order chi connectivity index (χ0) is 19.2. The molecule has 27 heavy (non-hydrogen) atoms. The number of aromatic nitrogens is 2.